The molecule has 1 aliphatic heterocycles. The summed E-state index contributed by atoms with van der Waals surface area (Å²) in [6.07, 6.45) is 3.58. The van der Waals surface area contributed by atoms with Crippen LogP contribution in [0.3, 0.4) is 0 Å². The Morgan fingerprint density at radius 2 is 1.79 bits per heavy atom. The number of benzene rings is 3. The Kier molecular flexibility index (Phi) is 7.45. The molecule has 0 N–H and O–H groups in total. The average molecular weight is 599 g/mol. The minimum absolute atomic E-state index is 0.173. The number of hydrogen-bond acceptors (Lipinski definition) is 6. The van der Waals surface area contributed by atoms with E-state index < -0.39 is 12.0 Å². The number of esters is 1. The van der Waals surface area contributed by atoms with Crippen molar-refractivity contribution in [2.24, 2.45) is 4.99 Å². The van der Waals surface area contributed by atoms with Gasteiger partial charge in [-0.15, -0.1) is 0 Å². The Morgan fingerprint density at radius 1 is 1.07 bits per heavy atom. The number of thiazole rings is 1. The third kappa shape index (κ3) is 5.01. The summed E-state index contributed by atoms with van der Waals surface area (Å²) in [6.45, 7) is 3.62. The summed E-state index contributed by atoms with van der Waals surface area (Å²) in [4.78, 5) is 32.3. The largest absolute Gasteiger partial charge is 0.463 e. The summed E-state index contributed by atoms with van der Waals surface area (Å²) in [7, 11) is 0. The van der Waals surface area contributed by atoms with Gasteiger partial charge >= 0.3 is 5.97 Å². The summed E-state index contributed by atoms with van der Waals surface area (Å²) in [5.41, 5.74) is 3.73. The normalized spacial score (nSPS) is 15.0. The summed E-state index contributed by atoms with van der Waals surface area (Å²) in [6, 6.07) is 21.9. The molecule has 2 aromatic heterocycles. The molecule has 0 saturated heterocycles. The number of carbonyl (C=O) groups excluding carboxylic acids is 1. The first-order valence-corrected chi connectivity index (χ1v) is 14.4. The summed E-state index contributed by atoms with van der Waals surface area (Å²) >= 11 is 7.81. The molecule has 0 radical (unpaired) electrons. The van der Waals surface area contributed by atoms with E-state index in [1.54, 1.807) is 54.9 Å². The van der Waals surface area contributed by atoms with Crippen LogP contribution < -0.4 is 14.9 Å². The van der Waals surface area contributed by atoms with Crippen molar-refractivity contribution in [1.82, 2.24) is 14.3 Å². The molecule has 0 aliphatic carbocycles. The van der Waals surface area contributed by atoms with Gasteiger partial charge in [-0.05, 0) is 68.0 Å². The molecule has 1 atom stereocenters. The van der Waals surface area contributed by atoms with Crippen molar-refractivity contribution in [3.63, 3.8) is 0 Å². The van der Waals surface area contributed by atoms with Crippen LogP contribution in [0.5, 0.6) is 0 Å². The lowest BCUT2D eigenvalue weighted by Gasteiger charge is -2.25. The van der Waals surface area contributed by atoms with Gasteiger partial charge in [-0.25, -0.2) is 18.9 Å². The fraction of sp³-hybridized carbons (Fsp3) is 0.125. The molecule has 10 heteroatoms. The number of para-hydroxylation sites is 1. The number of carbonyl (C=O) groups is 1. The van der Waals surface area contributed by atoms with Crippen LogP contribution in [0.4, 0.5) is 4.39 Å². The number of nitrogens with zero attached hydrogens (tertiary/aromatic N) is 4. The van der Waals surface area contributed by atoms with Gasteiger partial charge in [0.25, 0.3) is 5.56 Å². The van der Waals surface area contributed by atoms with Crippen molar-refractivity contribution in [3.05, 3.63) is 138 Å². The third-order valence-corrected chi connectivity index (χ3v) is 8.21. The minimum Gasteiger partial charge on any atom is -0.463 e. The zero-order valence-electron chi connectivity index (χ0n) is 22.6. The predicted octanol–water partition coefficient (Wildman–Crippen LogP) is 5.44. The molecule has 0 bridgehead atoms. The molecule has 7 nitrogen and oxygen atoms in total. The molecule has 0 amide bonds. The standard InChI is InChI=1S/C32H24ClFN4O3S/c1-3-41-31(40)27-19(2)35-32-38(29(27)24-11-7-8-12-25(24)33)30(39)26(42-32)17-21-18-37(23-9-5-4-6-10-23)36-28(21)20-13-15-22(34)16-14-20/h4-18,29H,3H2,1-2H3/b26-17-/t29-/m0/s1. The van der Waals surface area contributed by atoms with Gasteiger partial charge in [0.1, 0.15) is 17.6 Å². The lowest BCUT2D eigenvalue weighted by Crippen LogP contribution is -2.40. The van der Waals surface area contributed by atoms with Crippen LogP contribution >= 0.6 is 22.9 Å². The van der Waals surface area contributed by atoms with E-state index in [-0.39, 0.29) is 23.6 Å². The van der Waals surface area contributed by atoms with Gasteiger partial charge in [0, 0.05) is 22.3 Å². The maximum absolute atomic E-state index is 14.1. The van der Waals surface area contributed by atoms with Crippen LogP contribution in [0.25, 0.3) is 23.0 Å². The fourth-order valence-corrected chi connectivity index (χ4v) is 6.24. The lowest BCUT2D eigenvalue weighted by molar-refractivity contribution is -0.139. The van der Waals surface area contributed by atoms with Gasteiger partial charge in [-0.1, -0.05) is 59.3 Å². The second-order valence-corrected chi connectivity index (χ2v) is 11.0. The van der Waals surface area contributed by atoms with Crippen LogP contribution in [0, 0.1) is 5.82 Å². The van der Waals surface area contributed by atoms with Crippen molar-refractivity contribution in [3.8, 4) is 16.9 Å². The molecule has 0 saturated carbocycles. The van der Waals surface area contributed by atoms with E-state index >= 15 is 0 Å². The van der Waals surface area contributed by atoms with Gasteiger partial charge in [0.05, 0.1) is 28.1 Å². The third-order valence-electron chi connectivity index (χ3n) is 6.88. The summed E-state index contributed by atoms with van der Waals surface area (Å²) in [5.74, 6) is -0.913. The average Bonchev–Trinajstić information content (AvgIpc) is 3.54. The maximum atomic E-state index is 14.1. The van der Waals surface area contributed by atoms with Crippen molar-refractivity contribution in [2.75, 3.05) is 6.61 Å². The number of rotatable bonds is 6. The highest BCUT2D eigenvalue weighted by atomic mass is 35.5. The highest BCUT2D eigenvalue weighted by Crippen LogP contribution is 2.34. The molecule has 0 fully saturated rings. The maximum Gasteiger partial charge on any atom is 0.338 e. The zero-order chi connectivity index (χ0) is 29.4. The van der Waals surface area contributed by atoms with Gasteiger partial charge in [0.2, 0.25) is 0 Å². The molecule has 0 spiro atoms. The number of hydrogen-bond donors (Lipinski definition) is 0. The first-order chi connectivity index (χ1) is 20.4. The van der Waals surface area contributed by atoms with E-state index in [4.69, 9.17) is 21.4 Å². The Balaban J connectivity index is 1.57. The molecular weight excluding hydrogens is 575 g/mol. The van der Waals surface area contributed by atoms with E-state index in [1.807, 2.05) is 42.6 Å². The molecule has 0 unspecified atom stereocenters. The van der Waals surface area contributed by atoms with Crippen molar-refractivity contribution in [1.29, 1.82) is 0 Å². The summed E-state index contributed by atoms with van der Waals surface area (Å²) in [5, 5.41) is 5.19. The van der Waals surface area contributed by atoms with E-state index in [9.17, 15) is 14.0 Å². The Morgan fingerprint density at radius 3 is 2.50 bits per heavy atom. The second-order valence-electron chi connectivity index (χ2n) is 9.54. The van der Waals surface area contributed by atoms with Crippen LogP contribution in [0.15, 0.2) is 106 Å². The number of halogens is 2. The molecule has 1 aliphatic rings. The smallest absolute Gasteiger partial charge is 0.338 e. The van der Waals surface area contributed by atoms with E-state index in [0.29, 0.717) is 42.4 Å². The monoisotopic (exact) mass is 598 g/mol. The minimum atomic E-state index is -0.820. The topological polar surface area (TPSA) is 78.5 Å². The van der Waals surface area contributed by atoms with Crippen molar-refractivity contribution >= 4 is 35.0 Å². The fourth-order valence-electron chi connectivity index (χ4n) is 4.96. The molecule has 5 aromatic rings. The van der Waals surface area contributed by atoms with Crippen LogP contribution in [0.2, 0.25) is 5.02 Å². The summed E-state index contributed by atoms with van der Waals surface area (Å²) < 4.78 is 22.7. The van der Waals surface area contributed by atoms with E-state index in [1.165, 1.54) is 28.0 Å². The van der Waals surface area contributed by atoms with Gasteiger partial charge in [-0.3, -0.25) is 9.36 Å². The number of fused-ring (bicyclic) bond motifs is 1. The highest BCUT2D eigenvalue weighted by molar-refractivity contribution is 7.07. The SMILES string of the molecule is CCOC(=O)C1=C(C)N=c2s/c(=C\c3cn(-c4ccccc4)nc3-c3ccc(F)cc3)c(=O)n2[C@H]1c1ccccc1Cl. The first kappa shape index (κ1) is 27.6. The number of aromatic nitrogens is 3. The molecule has 42 heavy (non-hydrogen) atoms. The first-order valence-electron chi connectivity index (χ1n) is 13.2. The highest BCUT2D eigenvalue weighted by Gasteiger charge is 2.34. The molecule has 3 heterocycles. The Bertz CT molecular complexity index is 2030. The van der Waals surface area contributed by atoms with Gasteiger partial charge in [-0.2, -0.15) is 5.10 Å². The van der Waals surface area contributed by atoms with Crippen molar-refractivity contribution in [2.45, 2.75) is 19.9 Å². The molecular formula is C32H24ClFN4O3S. The molecule has 6 rings (SSSR count). The predicted molar refractivity (Wildman–Crippen MR) is 161 cm³/mol. The number of ether oxygens (including phenoxy) is 1. The van der Waals surface area contributed by atoms with Gasteiger partial charge in [0.15, 0.2) is 4.80 Å². The van der Waals surface area contributed by atoms with Gasteiger partial charge < -0.3 is 4.74 Å². The van der Waals surface area contributed by atoms with E-state index in [0.717, 1.165) is 5.69 Å². The molecule has 210 valence electrons. The van der Waals surface area contributed by atoms with Crippen LogP contribution in [0.1, 0.15) is 31.0 Å². The van der Waals surface area contributed by atoms with Crippen LogP contribution in [-0.4, -0.2) is 26.9 Å². The lowest BCUT2D eigenvalue weighted by atomic mass is 9.96. The zero-order valence-corrected chi connectivity index (χ0v) is 24.2. The quantitative estimate of drug-likeness (QED) is 0.244. The van der Waals surface area contributed by atoms with Crippen LogP contribution in [-0.2, 0) is 9.53 Å². The van der Waals surface area contributed by atoms with Crippen molar-refractivity contribution < 1.29 is 13.9 Å². The number of allylic oxidation sites excluding steroid dienone is 1. The Labute approximate surface area is 249 Å². The Hall–Kier alpha value is -4.60. The molecule has 3 aromatic carbocycles. The second kappa shape index (κ2) is 11.3. The van der Waals surface area contributed by atoms with E-state index in [2.05, 4.69) is 4.99 Å².